The Morgan fingerprint density at radius 2 is 1.46 bits per heavy atom. The molecule has 0 aliphatic carbocycles. The molecule has 194 valence electrons. The second kappa shape index (κ2) is 10.1. The number of aryl methyl sites for hydroxylation is 2. The Morgan fingerprint density at radius 3 is 2.03 bits per heavy atom. The molecule has 7 heteroatoms. The van der Waals surface area contributed by atoms with Crippen LogP contribution in [0, 0.1) is 13.8 Å². The van der Waals surface area contributed by atoms with Crippen LogP contribution in [0.1, 0.15) is 52.0 Å². The summed E-state index contributed by atoms with van der Waals surface area (Å²) < 4.78 is 6.62. The number of nitrogens with one attached hydrogen (secondary N) is 3. The molecule has 0 unspecified atom stereocenters. The van der Waals surface area contributed by atoms with E-state index in [1.807, 2.05) is 23.1 Å². The number of carbonyl (C=O) groups is 1. The molecule has 37 heavy (non-hydrogen) atoms. The topological polar surface area (TPSA) is 85.9 Å². The number of fused-ring (bicyclic) bond motifs is 6. The van der Waals surface area contributed by atoms with Gasteiger partial charge in [-0.2, -0.15) is 0 Å². The molecule has 7 nitrogen and oxygen atoms in total. The lowest BCUT2D eigenvalue weighted by atomic mass is 9.73. The lowest BCUT2D eigenvalue weighted by Crippen LogP contribution is -2.49. The third kappa shape index (κ3) is 3.93. The van der Waals surface area contributed by atoms with Gasteiger partial charge in [0.25, 0.3) is 5.91 Å². The van der Waals surface area contributed by atoms with Gasteiger partial charge in [-0.15, -0.1) is 0 Å². The third-order valence-electron chi connectivity index (χ3n) is 7.39. The van der Waals surface area contributed by atoms with Crippen molar-refractivity contribution in [2.24, 2.45) is 0 Å². The minimum absolute atomic E-state index is 0.00187. The summed E-state index contributed by atoms with van der Waals surface area (Å²) >= 11 is 0. The number of anilines is 2. The average molecular weight is 501 g/mol. The molecule has 3 aromatic rings. The van der Waals surface area contributed by atoms with E-state index in [0.717, 1.165) is 63.8 Å². The first-order valence-corrected chi connectivity index (χ1v) is 13.2. The zero-order valence-corrected chi connectivity index (χ0v) is 22.1. The van der Waals surface area contributed by atoms with Gasteiger partial charge in [-0.25, -0.2) is 0 Å². The summed E-state index contributed by atoms with van der Waals surface area (Å²) in [5.41, 5.74) is 7.03. The Bertz CT molecular complexity index is 1280. The first kappa shape index (κ1) is 25.1. The van der Waals surface area contributed by atoms with Crippen LogP contribution in [0.5, 0.6) is 11.5 Å². The Morgan fingerprint density at radius 1 is 0.865 bits per heavy atom. The van der Waals surface area contributed by atoms with Crippen molar-refractivity contribution in [1.29, 1.82) is 0 Å². The summed E-state index contributed by atoms with van der Waals surface area (Å²) in [6, 6.07) is 16.4. The molecule has 3 aromatic carbocycles. The number of carbonyl (C=O) groups excluding carboxylic acids is 1. The van der Waals surface area contributed by atoms with Gasteiger partial charge in [-0.3, -0.25) is 4.79 Å². The van der Waals surface area contributed by atoms with Crippen LogP contribution in [0.15, 0.2) is 48.5 Å². The Labute approximate surface area is 218 Å². The number of nitrogens with zero attached hydrogens (tertiary/aromatic N) is 1. The molecular formula is C30H36N4O3. The molecule has 0 bridgehead atoms. The van der Waals surface area contributed by atoms with E-state index in [2.05, 4.69) is 74.0 Å². The predicted molar refractivity (Wildman–Crippen MR) is 148 cm³/mol. The van der Waals surface area contributed by atoms with Crippen molar-refractivity contribution < 1.29 is 14.6 Å². The molecule has 2 aliphatic rings. The van der Waals surface area contributed by atoms with Gasteiger partial charge in [0.2, 0.25) is 0 Å². The maximum absolute atomic E-state index is 14.0. The molecule has 5 rings (SSSR count). The minimum Gasteiger partial charge on any atom is -0.456 e. The summed E-state index contributed by atoms with van der Waals surface area (Å²) in [6.07, 6.45) is 0. The van der Waals surface area contributed by atoms with Crippen LogP contribution < -0.4 is 20.7 Å². The van der Waals surface area contributed by atoms with Crippen LogP contribution in [0.25, 0.3) is 0 Å². The van der Waals surface area contributed by atoms with Gasteiger partial charge in [0, 0.05) is 72.9 Å². The van der Waals surface area contributed by atoms with E-state index in [0.29, 0.717) is 25.2 Å². The Hall–Kier alpha value is -3.55. The maximum atomic E-state index is 14.0. The second-order valence-electron chi connectivity index (χ2n) is 9.68. The molecule has 1 amide bonds. The van der Waals surface area contributed by atoms with Crippen molar-refractivity contribution in [3.05, 3.63) is 81.9 Å². The minimum atomic E-state index is -0.831. The molecule has 1 spiro atoms. The SMILES string of the molecule is CCNc1cc2c(cc1C)C1(c3cc(C)c(NCC)cc3O2)c2ccccc2C(=O)N1CCNCCO. The molecule has 2 heterocycles. The normalized spacial score (nSPS) is 14.7. The lowest BCUT2D eigenvalue weighted by molar-refractivity contribution is 0.0667. The van der Waals surface area contributed by atoms with E-state index in [4.69, 9.17) is 4.74 Å². The van der Waals surface area contributed by atoms with E-state index >= 15 is 0 Å². The highest BCUT2D eigenvalue weighted by Crippen LogP contribution is 2.58. The quantitative estimate of drug-likeness (QED) is 0.321. The Balaban J connectivity index is 1.81. The number of hydrogen-bond acceptors (Lipinski definition) is 6. The molecule has 2 aliphatic heterocycles. The smallest absolute Gasteiger partial charge is 0.255 e. The van der Waals surface area contributed by atoms with Gasteiger partial charge in [0.05, 0.1) is 6.61 Å². The highest BCUT2D eigenvalue weighted by molar-refractivity contribution is 6.02. The van der Waals surface area contributed by atoms with Gasteiger partial charge in [0.15, 0.2) is 0 Å². The first-order valence-electron chi connectivity index (χ1n) is 13.2. The molecule has 0 aromatic heterocycles. The van der Waals surface area contributed by atoms with Crippen LogP contribution in [0.2, 0.25) is 0 Å². The highest BCUT2D eigenvalue weighted by Gasteiger charge is 2.56. The second-order valence-corrected chi connectivity index (χ2v) is 9.68. The Kier molecular flexibility index (Phi) is 6.84. The van der Waals surface area contributed by atoms with Crippen LogP contribution in [-0.4, -0.2) is 55.2 Å². The number of hydrogen-bond donors (Lipinski definition) is 4. The van der Waals surface area contributed by atoms with Crippen LogP contribution in [0.4, 0.5) is 11.4 Å². The zero-order valence-electron chi connectivity index (χ0n) is 22.1. The number of ether oxygens (including phenoxy) is 1. The van der Waals surface area contributed by atoms with Gasteiger partial charge < -0.3 is 30.7 Å². The van der Waals surface area contributed by atoms with Gasteiger partial charge in [0.1, 0.15) is 17.0 Å². The van der Waals surface area contributed by atoms with Gasteiger partial charge in [-0.1, -0.05) is 18.2 Å². The number of benzene rings is 3. The zero-order chi connectivity index (χ0) is 26.2. The molecule has 0 atom stereocenters. The van der Waals surface area contributed by atoms with Crippen molar-refractivity contribution >= 4 is 17.3 Å². The summed E-state index contributed by atoms with van der Waals surface area (Å²) in [7, 11) is 0. The van der Waals surface area contributed by atoms with Crippen molar-refractivity contribution in [1.82, 2.24) is 10.2 Å². The molecule has 0 saturated heterocycles. The number of rotatable bonds is 9. The monoisotopic (exact) mass is 500 g/mol. The number of aliphatic hydroxyl groups excluding tert-OH is 1. The molecule has 0 fully saturated rings. The lowest BCUT2D eigenvalue weighted by Gasteiger charge is -2.45. The van der Waals surface area contributed by atoms with E-state index in [1.165, 1.54) is 0 Å². The summed E-state index contributed by atoms with van der Waals surface area (Å²) in [5, 5.41) is 19.4. The summed E-state index contributed by atoms with van der Waals surface area (Å²) in [6.45, 7) is 11.5. The predicted octanol–water partition coefficient (Wildman–Crippen LogP) is 4.60. The fourth-order valence-corrected chi connectivity index (χ4v) is 5.81. The van der Waals surface area contributed by atoms with E-state index in [1.54, 1.807) is 0 Å². The van der Waals surface area contributed by atoms with E-state index < -0.39 is 5.54 Å². The number of aliphatic hydroxyl groups is 1. The van der Waals surface area contributed by atoms with Crippen molar-refractivity contribution in [2.75, 3.05) is 50.0 Å². The average Bonchev–Trinajstić information content (AvgIpc) is 3.13. The van der Waals surface area contributed by atoms with E-state index in [9.17, 15) is 9.90 Å². The van der Waals surface area contributed by atoms with Crippen LogP contribution >= 0.6 is 0 Å². The van der Waals surface area contributed by atoms with Crippen molar-refractivity contribution in [2.45, 2.75) is 33.2 Å². The van der Waals surface area contributed by atoms with Crippen molar-refractivity contribution in [3.8, 4) is 11.5 Å². The standard InChI is InChI=1S/C30H36N4O3/c1-5-32-25-17-27-23(15-19(25)3)30(24-16-20(4)26(33-6-2)18-28(24)37-27)22-10-8-7-9-21(22)29(36)34(30)13-11-31-12-14-35/h7-10,15-18,31-33,35H,5-6,11-14H2,1-4H3. The summed E-state index contributed by atoms with van der Waals surface area (Å²) in [4.78, 5) is 16.0. The largest absolute Gasteiger partial charge is 0.456 e. The van der Waals surface area contributed by atoms with E-state index in [-0.39, 0.29) is 12.5 Å². The maximum Gasteiger partial charge on any atom is 0.255 e. The van der Waals surface area contributed by atoms with Gasteiger partial charge in [-0.05, 0) is 62.6 Å². The highest BCUT2D eigenvalue weighted by atomic mass is 16.5. The van der Waals surface area contributed by atoms with Crippen molar-refractivity contribution in [3.63, 3.8) is 0 Å². The summed E-state index contributed by atoms with van der Waals surface area (Å²) in [5.74, 6) is 1.50. The molecular weight excluding hydrogens is 464 g/mol. The fraction of sp³-hybridized carbons (Fsp3) is 0.367. The van der Waals surface area contributed by atoms with Gasteiger partial charge >= 0.3 is 0 Å². The van der Waals surface area contributed by atoms with Crippen LogP contribution in [-0.2, 0) is 5.54 Å². The van der Waals surface area contributed by atoms with Crippen LogP contribution in [0.3, 0.4) is 0 Å². The molecule has 0 radical (unpaired) electrons. The molecule has 4 N–H and O–H groups in total. The fourth-order valence-electron chi connectivity index (χ4n) is 5.81. The number of amides is 1. The first-order chi connectivity index (χ1) is 18.0. The third-order valence-corrected chi connectivity index (χ3v) is 7.39. The molecule has 0 saturated carbocycles.